The summed E-state index contributed by atoms with van der Waals surface area (Å²) in [4.78, 5) is 28.0. The maximum atomic E-state index is 12.9. The molecule has 0 fully saturated rings. The molecule has 0 radical (unpaired) electrons. The van der Waals surface area contributed by atoms with Crippen molar-refractivity contribution in [1.82, 2.24) is 14.9 Å². The number of sulfone groups is 1. The summed E-state index contributed by atoms with van der Waals surface area (Å²) < 4.78 is 27.6. The Labute approximate surface area is 210 Å². The first-order valence-corrected chi connectivity index (χ1v) is 13.3. The lowest BCUT2D eigenvalue weighted by molar-refractivity contribution is -0.142. The highest BCUT2D eigenvalue weighted by atomic mass is 32.2. The molecule has 0 saturated carbocycles. The number of carbonyl (C=O) groups is 2. The van der Waals surface area contributed by atoms with Crippen LogP contribution in [0.1, 0.15) is 37.1 Å². The van der Waals surface area contributed by atoms with Gasteiger partial charge in [-0.2, -0.15) is 0 Å². The predicted molar refractivity (Wildman–Crippen MR) is 134 cm³/mol. The molecule has 0 spiro atoms. The van der Waals surface area contributed by atoms with E-state index in [4.69, 9.17) is 0 Å². The Kier molecular flexibility index (Phi) is 9.00. The summed E-state index contributed by atoms with van der Waals surface area (Å²) in [6.07, 6.45) is 3.40. The average molecular weight is 514 g/mol. The molecule has 2 unspecified atom stereocenters. The molecule has 3 aromatic rings. The topological polar surface area (TPSA) is 139 Å². The van der Waals surface area contributed by atoms with E-state index < -0.39 is 33.9 Å². The second kappa shape index (κ2) is 12.0. The van der Waals surface area contributed by atoms with Gasteiger partial charge in [0.2, 0.25) is 0 Å². The molecular formula is C26H31N3O6S. The van der Waals surface area contributed by atoms with Crippen LogP contribution < -0.4 is 5.32 Å². The number of carboxylic acid groups (broad SMARTS) is 2. The molecule has 0 aliphatic rings. The molecule has 0 aliphatic heterocycles. The van der Waals surface area contributed by atoms with E-state index in [0.29, 0.717) is 17.7 Å². The lowest BCUT2D eigenvalue weighted by Gasteiger charge is -2.22. The summed E-state index contributed by atoms with van der Waals surface area (Å²) in [6, 6.07) is 13.3. The molecule has 3 rings (SSSR count). The van der Waals surface area contributed by atoms with Crippen LogP contribution in [-0.2, 0) is 38.1 Å². The molecule has 1 heterocycles. The monoisotopic (exact) mass is 513 g/mol. The number of aliphatic carboxylic acids is 2. The van der Waals surface area contributed by atoms with Crippen molar-refractivity contribution in [2.45, 2.75) is 56.0 Å². The van der Waals surface area contributed by atoms with Gasteiger partial charge in [-0.15, -0.1) is 0 Å². The van der Waals surface area contributed by atoms with Crippen LogP contribution in [-0.4, -0.2) is 52.2 Å². The van der Waals surface area contributed by atoms with Gasteiger partial charge in [-0.1, -0.05) is 56.3 Å². The molecular weight excluding hydrogens is 482 g/mol. The molecule has 9 nitrogen and oxygen atoms in total. The number of hydrogen-bond donors (Lipinski definition) is 3. The minimum Gasteiger partial charge on any atom is -0.480 e. The van der Waals surface area contributed by atoms with Crippen molar-refractivity contribution in [3.63, 3.8) is 0 Å². The van der Waals surface area contributed by atoms with Crippen LogP contribution >= 0.6 is 0 Å². The van der Waals surface area contributed by atoms with E-state index in [9.17, 15) is 28.2 Å². The van der Waals surface area contributed by atoms with Gasteiger partial charge in [-0.3, -0.25) is 14.9 Å². The van der Waals surface area contributed by atoms with Crippen molar-refractivity contribution < 1.29 is 28.2 Å². The van der Waals surface area contributed by atoms with Crippen LogP contribution in [0.5, 0.6) is 0 Å². The number of hydrogen-bond acceptors (Lipinski definition) is 6. The van der Waals surface area contributed by atoms with Gasteiger partial charge in [-0.25, -0.2) is 13.4 Å². The number of aromatic nitrogens is 2. The van der Waals surface area contributed by atoms with E-state index >= 15 is 0 Å². The van der Waals surface area contributed by atoms with Gasteiger partial charge < -0.3 is 14.8 Å². The highest BCUT2D eigenvalue weighted by Crippen LogP contribution is 2.20. The second-order valence-corrected chi connectivity index (χ2v) is 11.1. The Bertz CT molecular complexity index is 1290. The van der Waals surface area contributed by atoms with Crippen LogP contribution in [0.2, 0.25) is 0 Å². The van der Waals surface area contributed by atoms with Crippen molar-refractivity contribution in [1.29, 1.82) is 0 Å². The van der Waals surface area contributed by atoms with E-state index in [-0.39, 0.29) is 29.5 Å². The van der Waals surface area contributed by atoms with Gasteiger partial charge in [0.05, 0.1) is 17.0 Å². The largest absolute Gasteiger partial charge is 0.480 e. The molecule has 2 aromatic carbocycles. The summed E-state index contributed by atoms with van der Waals surface area (Å²) in [6.45, 7) is 4.03. The van der Waals surface area contributed by atoms with Gasteiger partial charge in [0.15, 0.2) is 9.84 Å². The fourth-order valence-electron chi connectivity index (χ4n) is 3.99. The fraction of sp³-hybridized carbons (Fsp3) is 0.346. The first-order chi connectivity index (χ1) is 17.1. The minimum absolute atomic E-state index is 0.0156. The van der Waals surface area contributed by atoms with E-state index in [2.05, 4.69) is 10.3 Å². The molecule has 2 atom stereocenters. The summed E-state index contributed by atoms with van der Waals surface area (Å²) >= 11 is 0. The Morgan fingerprint density at radius 1 is 0.944 bits per heavy atom. The average Bonchev–Trinajstić information content (AvgIpc) is 3.25. The molecule has 0 aliphatic carbocycles. The third-order valence-corrected chi connectivity index (χ3v) is 7.51. The lowest BCUT2D eigenvalue weighted by Crippen LogP contribution is -2.49. The quantitative estimate of drug-likeness (QED) is 0.317. The zero-order valence-corrected chi connectivity index (χ0v) is 21.1. The van der Waals surface area contributed by atoms with Crippen LogP contribution in [0.25, 0.3) is 0 Å². The Morgan fingerprint density at radius 3 is 2.17 bits per heavy atom. The molecule has 0 saturated heterocycles. The smallest absolute Gasteiger partial charge is 0.321 e. The first kappa shape index (κ1) is 27.1. The summed E-state index contributed by atoms with van der Waals surface area (Å²) in [5, 5.41) is 22.0. The Balaban J connectivity index is 1.81. The summed E-state index contributed by atoms with van der Waals surface area (Å²) in [7, 11) is -3.55. The molecule has 192 valence electrons. The number of nitrogens with zero attached hydrogens (tertiary/aromatic N) is 2. The number of nitrogens with one attached hydrogen (secondary N) is 1. The molecule has 10 heteroatoms. The van der Waals surface area contributed by atoms with Crippen molar-refractivity contribution in [2.75, 3.05) is 0 Å². The fourth-order valence-corrected chi connectivity index (χ4v) is 5.42. The molecule has 3 N–H and O–H groups in total. The standard InChI is InChI=1S/C26H31N3O6S/c1-18(2)12-23(25(30)31)28-24(26(32)33)13-21-14-27-17-29(21)15-19-8-6-7-9-20(19)16-36(34,35)22-10-4-3-5-11-22/h3-11,14,17-18,23-24,28H,12-13,15-16H2,1-2H3,(H,30,31)(H,32,33). The van der Waals surface area contributed by atoms with Crippen molar-refractivity contribution in [2.24, 2.45) is 5.92 Å². The zero-order chi connectivity index (χ0) is 26.3. The number of rotatable bonds is 13. The predicted octanol–water partition coefficient (Wildman–Crippen LogP) is 2.99. The van der Waals surface area contributed by atoms with Gasteiger partial charge in [0.1, 0.15) is 12.1 Å². The third kappa shape index (κ3) is 7.25. The maximum absolute atomic E-state index is 12.9. The number of imidazole rings is 1. The van der Waals surface area contributed by atoms with Gasteiger partial charge in [-0.05, 0) is 35.6 Å². The number of carboxylic acids is 2. The lowest BCUT2D eigenvalue weighted by atomic mass is 10.0. The Hall–Kier alpha value is -3.50. The highest BCUT2D eigenvalue weighted by molar-refractivity contribution is 7.90. The van der Waals surface area contributed by atoms with Crippen molar-refractivity contribution >= 4 is 21.8 Å². The highest BCUT2D eigenvalue weighted by Gasteiger charge is 2.28. The number of benzene rings is 2. The van der Waals surface area contributed by atoms with Gasteiger partial charge >= 0.3 is 11.9 Å². The van der Waals surface area contributed by atoms with Crippen LogP contribution in [0.4, 0.5) is 0 Å². The molecule has 0 bridgehead atoms. The second-order valence-electron chi connectivity index (χ2n) is 9.14. The van der Waals surface area contributed by atoms with Crippen molar-refractivity contribution in [3.8, 4) is 0 Å². The third-order valence-electron chi connectivity index (χ3n) is 5.82. The van der Waals surface area contributed by atoms with Gasteiger partial charge in [0.25, 0.3) is 0 Å². The van der Waals surface area contributed by atoms with Gasteiger partial charge in [0, 0.05) is 24.9 Å². The van der Waals surface area contributed by atoms with E-state index in [1.54, 1.807) is 59.6 Å². The molecule has 1 aromatic heterocycles. The van der Waals surface area contributed by atoms with E-state index in [1.807, 2.05) is 26.0 Å². The van der Waals surface area contributed by atoms with Crippen LogP contribution in [0.15, 0.2) is 72.0 Å². The van der Waals surface area contributed by atoms with Crippen LogP contribution in [0, 0.1) is 5.92 Å². The zero-order valence-electron chi connectivity index (χ0n) is 20.2. The van der Waals surface area contributed by atoms with Crippen molar-refractivity contribution in [3.05, 3.63) is 83.9 Å². The van der Waals surface area contributed by atoms with E-state index in [0.717, 1.165) is 5.56 Å². The Morgan fingerprint density at radius 2 is 1.56 bits per heavy atom. The summed E-state index contributed by atoms with van der Waals surface area (Å²) in [5.74, 6) is -2.36. The molecule has 36 heavy (non-hydrogen) atoms. The van der Waals surface area contributed by atoms with E-state index in [1.165, 1.54) is 0 Å². The first-order valence-electron chi connectivity index (χ1n) is 11.6. The van der Waals surface area contributed by atoms with Crippen LogP contribution in [0.3, 0.4) is 0 Å². The minimum atomic E-state index is -3.55. The maximum Gasteiger partial charge on any atom is 0.321 e. The molecule has 0 amide bonds. The normalized spacial score (nSPS) is 13.4. The summed E-state index contributed by atoms with van der Waals surface area (Å²) in [5.41, 5.74) is 1.99. The SMILES string of the molecule is CC(C)CC(NC(Cc1cncn1Cc1ccccc1CS(=O)(=O)c1ccccc1)C(=O)O)C(=O)O.